The van der Waals surface area contributed by atoms with Gasteiger partial charge in [0.1, 0.15) is 0 Å². The molecule has 0 spiro atoms. The number of pyridine rings is 1. The van der Waals surface area contributed by atoms with Gasteiger partial charge in [-0.1, -0.05) is 18.2 Å². The second-order valence-corrected chi connectivity index (χ2v) is 7.74. The van der Waals surface area contributed by atoms with Crippen LogP contribution in [0.3, 0.4) is 0 Å². The van der Waals surface area contributed by atoms with Crippen LogP contribution < -0.4 is 5.73 Å². The fourth-order valence-electron chi connectivity index (χ4n) is 4.23. The lowest BCUT2D eigenvalue weighted by atomic mass is 9.90. The minimum absolute atomic E-state index is 0.269. The fraction of sp³-hybridized carbons (Fsp3) is 0.348. The summed E-state index contributed by atoms with van der Waals surface area (Å²) in [5.74, 6) is -0.391. The molecule has 2 heterocycles. The monoisotopic (exact) mass is 389 g/mol. The Bertz CT molecular complexity index is 996. The van der Waals surface area contributed by atoms with Gasteiger partial charge in [0.05, 0.1) is 18.1 Å². The van der Waals surface area contributed by atoms with E-state index in [1.165, 1.54) is 17.0 Å². The molecular weight excluding hydrogens is 362 g/mol. The highest BCUT2D eigenvalue weighted by Crippen LogP contribution is 2.33. The molecule has 2 aromatic heterocycles. The van der Waals surface area contributed by atoms with Gasteiger partial charge in [0.15, 0.2) is 0 Å². The number of aromatic nitrogens is 3. The summed E-state index contributed by atoms with van der Waals surface area (Å²) in [4.78, 5) is 23.1. The van der Waals surface area contributed by atoms with Crippen molar-refractivity contribution >= 4 is 5.91 Å². The van der Waals surface area contributed by atoms with Crippen molar-refractivity contribution in [3.63, 3.8) is 0 Å². The van der Waals surface area contributed by atoms with E-state index >= 15 is 0 Å². The molecule has 1 aliphatic rings. The average Bonchev–Trinajstić information content (AvgIpc) is 3.15. The number of carbonyl (C=O) groups excluding carboxylic acids is 1. The van der Waals surface area contributed by atoms with Crippen molar-refractivity contribution < 1.29 is 4.79 Å². The molecule has 1 aliphatic carbocycles. The van der Waals surface area contributed by atoms with Crippen LogP contribution in [0.2, 0.25) is 0 Å². The van der Waals surface area contributed by atoms with Crippen molar-refractivity contribution in [2.75, 3.05) is 6.54 Å². The van der Waals surface area contributed by atoms with Gasteiger partial charge < -0.3 is 10.3 Å². The maximum atomic E-state index is 11.6. The molecule has 6 nitrogen and oxygen atoms in total. The Morgan fingerprint density at radius 3 is 3.00 bits per heavy atom. The van der Waals surface area contributed by atoms with Gasteiger partial charge in [0, 0.05) is 50.2 Å². The zero-order chi connectivity index (χ0) is 20.2. The summed E-state index contributed by atoms with van der Waals surface area (Å²) in [6.45, 7) is 1.64. The molecular formula is C23H27N5O. The molecule has 6 heteroatoms. The Morgan fingerprint density at radius 1 is 1.31 bits per heavy atom. The molecule has 1 atom stereocenters. The van der Waals surface area contributed by atoms with Crippen LogP contribution in [0.25, 0.3) is 0 Å². The molecule has 2 N–H and O–H groups in total. The van der Waals surface area contributed by atoms with E-state index in [4.69, 9.17) is 10.7 Å². The summed E-state index contributed by atoms with van der Waals surface area (Å²) in [6, 6.07) is 12.1. The SMILES string of the molecule is Cn1cncc1CCN(Cc1cccc(C(N)=O)c1)C1CCCc2cccnc21. The van der Waals surface area contributed by atoms with E-state index in [2.05, 4.69) is 26.6 Å². The molecule has 1 unspecified atom stereocenters. The highest BCUT2D eigenvalue weighted by atomic mass is 16.1. The second-order valence-electron chi connectivity index (χ2n) is 7.74. The van der Waals surface area contributed by atoms with Crippen molar-refractivity contribution in [3.05, 3.63) is 83.2 Å². The van der Waals surface area contributed by atoms with Gasteiger partial charge in [-0.2, -0.15) is 0 Å². The number of imidazole rings is 1. The lowest BCUT2D eigenvalue weighted by molar-refractivity contribution is 0.1000. The summed E-state index contributed by atoms with van der Waals surface area (Å²) in [6.07, 6.45) is 9.91. The topological polar surface area (TPSA) is 77.0 Å². The summed E-state index contributed by atoms with van der Waals surface area (Å²) in [7, 11) is 2.03. The Kier molecular flexibility index (Phi) is 5.71. The zero-order valence-electron chi connectivity index (χ0n) is 16.8. The highest BCUT2D eigenvalue weighted by molar-refractivity contribution is 5.92. The molecule has 4 rings (SSSR count). The van der Waals surface area contributed by atoms with Gasteiger partial charge in [-0.25, -0.2) is 4.98 Å². The number of benzene rings is 1. The highest BCUT2D eigenvalue weighted by Gasteiger charge is 2.27. The van der Waals surface area contributed by atoms with Gasteiger partial charge >= 0.3 is 0 Å². The third kappa shape index (κ3) is 4.38. The molecule has 0 fully saturated rings. The number of rotatable bonds is 7. The van der Waals surface area contributed by atoms with E-state index in [0.29, 0.717) is 5.56 Å². The fourth-order valence-corrected chi connectivity index (χ4v) is 4.23. The third-order valence-corrected chi connectivity index (χ3v) is 5.77. The first kappa shape index (κ1) is 19.3. The molecule has 0 radical (unpaired) electrons. The van der Waals surface area contributed by atoms with E-state index in [1.807, 2.05) is 44.0 Å². The summed E-state index contributed by atoms with van der Waals surface area (Å²) >= 11 is 0. The number of amides is 1. The Morgan fingerprint density at radius 2 is 2.21 bits per heavy atom. The van der Waals surface area contributed by atoms with Gasteiger partial charge in [-0.05, 0) is 48.6 Å². The van der Waals surface area contributed by atoms with Crippen LogP contribution in [-0.2, 0) is 26.4 Å². The quantitative estimate of drug-likeness (QED) is 0.674. The minimum Gasteiger partial charge on any atom is -0.366 e. The number of hydrogen-bond acceptors (Lipinski definition) is 4. The zero-order valence-corrected chi connectivity index (χ0v) is 16.8. The van der Waals surface area contributed by atoms with E-state index in [-0.39, 0.29) is 6.04 Å². The van der Waals surface area contributed by atoms with E-state index in [9.17, 15) is 4.79 Å². The van der Waals surface area contributed by atoms with E-state index < -0.39 is 5.91 Å². The molecule has 29 heavy (non-hydrogen) atoms. The minimum atomic E-state index is -0.391. The summed E-state index contributed by atoms with van der Waals surface area (Å²) in [5, 5.41) is 0. The lowest BCUT2D eigenvalue weighted by Gasteiger charge is -2.35. The molecule has 150 valence electrons. The number of primary amides is 1. The molecule has 1 aromatic carbocycles. The lowest BCUT2D eigenvalue weighted by Crippen LogP contribution is -2.33. The first-order chi connectivity index (χ1) is 14.1. The number of carbonyl (C=O) groups is 1. The maximum absolute atomic E-state index is 11.6. The van der Waals surface area contributed by atoms with Crippen LogP contribution in [0.1, 0.15) is 51.8 Å². The molecule has 3 aromatic rings. The normalized spacial score (nSPS) is 16.0. The average molecular weight is 390 g/mol. The Labute approximate surface area is 171 Å². The second kappa shape index (κ2) is 8.57. The largest absolute Gasteiger partial charge is 0.366 e. The number of fused-ring (bicyclic) bond motifs is 1. The Hall–Kier alpha value is -2.99. The molecule has 0 bridgehead atoms. The number of aryl methyl sites for hydroxylation is 2. The summed E-state index contributed by atoms with van der Waals surface area (Å²) in [5.41, 5.74) is 10.9. The van der Waals surface area contributed by atoms with Gasteiger partial charge in [-0.3, -0.25) is 14.7 Å². The van der Waals surface area contributed by atoms with Crippen LogP contribution in [-0.4, -0.2) is 31.9 Å². The van der Waals surface area contributed by atoms with E-state index in [0.717, 1.165) is 44.3 Å². The van der Waals surface area contributed by atoms with Crippen molar-refractivity contribution in [1.82, 2.24) is 19.4 Å². The molecule has 0 saturated carbocycles. The van der Waals surface area contributed by atoms with Crippen LogP contribution in [0.15, 0.2) is 55.1 Å². The van der Waals surface area contributed by atoms with Crippen LogP contribution >= 0.6 is 0 Å². The van der Waals surface area contributed by atoms with Crippen LogP contribution in [0, 0.1) is 0 Å². The predicted molar refractivity (Wildman–Crippen MR) is 112 cm³/mol. The number of nitrogens with two attached hydrogens (primary N) is 1. The molecule has 0 saturated heterocycles. The first-order valence-corrected chi connectivity index (χ1v) is 10.1. The smallest absolute Gasteiger partial charge is 0.248 e. The van der Waals surface area contributed by atoms with Gasteiger partial charge in [-0.15, -0.1) is 0 Å². The van der Waals surface area contributed by atoms with Gasteiger partial charge in [0.25, 0.3) is 0 Å². The van der Waals surface area contributed by atoms with E-state index in [1.54, 1.807) is 6.07 Å². The standard InChI is InChI=1S/C23H27N5O/c1-27-16-25-14-20(27)10-12-28(15-17-5-2-7-19(13-17)23(24)29)21-9-3-6-18-8-4-11-26-22(18)21/h2,4-5,7-8,11,13-14,16,21H,3,6,9-10,12,15H2,1H3,(H2,24,29). The van der Waals surface area contributed by atoms with Crippen molar-refractivity contribution in [2.24, 2.45) is 12.8 Å². The van der Waals surface area contributed by atoms with Crippen molar-refractivity contribution in [3.8, 4) is 0 Å². The Balaban J connectivity index is 1.61. The summed E-state index contributed by atoms with van der Waals surface area (Å²) < 4.78 is 2.07. The third-order valence-electron chi connectivity index (χ3n) is 5.77. The van der Waals surface area contributed by atoms with Gasteiger partial charge in [0.2, 0.25) is 5.91 Å². The van der Waals surface area contributed by atoms with Crippen LogP contribution in [0.4, 0.5) is 0 Å². The number of nitrogens with zero attached hydrogens (tertiary/aromatic N) is 4. The van der Waals surface area contributed by atoms with Crippen molar-refractivity contribution in [2.45, 2.75) is 38.3 Å². The van der Waals surface area contributed by atoms with Crippen molar-refractivity contribution in [1.29, 1.82) is 0 Å². The maximum Gasteiger partial charge on any atom is 0.248 e. The molecule has 1 amide bonds. The predicted octanol–water partition coefficient (Wildman–Crippen LogP) is 3.04. The van der Waals surface area contributed by atoms with Crippen LogP contribution in [0.5, 0.6) is 0 Å². The first-order valence-electron chi connectivity index (χ1n) is 10.1. The number of hydrogen-bond donors (Lipinski definition) is 1. The molecule has 0 aliphatic heterocycles.